The van der Waals surface area contributed by atoms with Gasteiger partial charge in [0.1, 0.15) is 48.7 Å². The number of carbonyl (C=O) groups excluding carboxylic acids is 2. The van der Waals surface area contributed by atoms with Gasteiger partial charge in [0, 0.05) is 25.2 Å². The highest BCUT2D eigenvalue weighted by Crippen LogP contribution is 2.29. The van der Waals surface area contributed by atoms with Gasteiger partial charge < -0.3 is 70.6 Å². The highest BCUT2D eigenvalue weighted by atomic mass is 32.1. The van der Waals surface area contributed by atoms with Gasteiger partial charge in [0.2, 0.25) is 5.91 Å². The van der Waals surface area contributed by atoms with Crippen LogP contribution in [0, 0.1) is 4.77 Å². The Morgan fingerprint density at radius 3 is 2.34 bits per heavy atom. The average molecular weight is 567 g/mol. The Kier molecular flexibility index (Phi) is 9.92. The lowest BCUT2D eigenvalue weighted by atomic mass is 9.95. The number of H-pyrrole nitrogens is 2. The van der Waals surface area contributed by atoms with Gasteiger partial charge >= 0.3 is 5.97 Å². The molecule has 214 valence electrons. The number of aromatic amines is 2. The first-order valence-electron chi connectivity index (χ1n) is 11.4. The first-order valence-corrected chi connectivity index (χ1v) is 11.8. The van der Waals surface area contributed by atoms with Crippen LogP contribution in [-0.2, 0) is 35.0 Å². The van der Waals surface area contributed by atoms with Crippen LogP contribution in [0.3, 0.4) is 0 Å². The van der Waals surface area contributed by atoms with Gasteiger partial charge in [-0.15, -0.1) is 0 Å². The van der Waals surface area contributed by atoms with Crippen LogP contribution in [0.5, 0.6) is 0 Å². The van der Waals surface area contributed by atoms with Crippen LogP contribution in [0.15, 0.2) is 6.20 Å². The summed E-state index contributed by atoms with van der Waals surface area (Å²) in [5.74, 6) is -3.29. The van der Waals surface area contributed by atoms with E-state index in [2.05, 4.69) is 20.6 Å². The van der Waals surface area contributed by atoms with Crippen molar-refractivity contribution in [3.63, 3.8) is 0 Å². The molecule has 38 heavy (non-hydrogen) atoms. The Morgan fingerprint density at radius 2 is 1.79 bits per heavy atom. The predicted molar refractivity (Wildman–Crippen MR) is 122 cm³/mol. The summed E-state index contributed by atoms with van der Waals surface area (Å²) in [7, 11) is 0. The first kappa shape index (κ1) is 30.0. The molecule has 3 rings (SSSR count). The molecule has 2 fully saturated rings. The number of amides is 2. The lowest BCUT2D eigenvalue weighted by Gasteiger charge is -2.46. The molecule has 17 nitrogen and oxygen atoms in total. The van der Waals surface area contributed by atoms with Gasteiger partial charge in [-0.3, -0.25) is 9.59 Å². The fourth-order valence-corrected chi connectivity index (χ4v) is 4.31. The second-order valence-electron chi connectivity index (χ2n) is 8.83. The quantitative estimate of drug-likeness (QED) is 0.125. The van der Waals surface area contributed by atoms with E-state index in [0.29, 0.717) is 5.69 Å². The molecule has 2 aliphatic heterocycles. The largest absolute Gasteiger partial charge is 0.480 e. The van der Waals surface area contributed by atoms with Crippen molar-refractivity contribution in [3.05, 3.63) is 16.7 Å². The number of imidazole rings is 1. The van der Waals surface area contributed by atoms with E-state index < -0.39 is 91.8 Å². The Morgan fingerprint density at radius 1 is 1.11 bits per heavy atom. The van der Waals surface area contributed by atoms with Crippen molar-refractivity contribution in [2.75, 3.05) is 6.61 Å². The van der Waals surface area contributed by atoms with Gasteiger partial charge in [0.05, 0.1) is 6.61 Å². The molecule has 0 aromatic carbocycles. The van der Waals surface area contributed by atoms with E-state index in [9.17, 15) is 50.1 Å². The minimum atomic E-state index is -2.04. The molecule has 11 atom stereocenters. The molecule has 1 aromatic rings. The van der Waals surface area contributed by atoms with E-state index in [1.54, 1.807) is 0 Å². The summed E-state index contributed by atoms with van der Waals surface area (Å²) in [6.07, 6.45) is -15.3. The minimum Gasteiger partial charge on any atom is -0.480 e. The SMILES string of the molecule is CC(=O)NC1[C@H](O)OC(CO)[C@@H](O)[C@@H]1O[C@@H]1OC(C(=O)N[C@@H](Cc2c[nH]c(=S)[nH]2)C(=O)O)[C@@H](O)[C@H](O)C1O. The number of ether oxygens (including phenoxy) is 3. The first-order chi connectivity index (χ1) is 17.8. The molecule has 0 radical (unpaired) electrons. The molecular formula is C20H30N4O13S. The summed E-state index contributed by atoms with van der Waals surface area (Å²) < 4.78 is 16.2. The number of carboxylic acid groups (broad SMARTS) is 1. The normalized spacial score (nSPS) is 36.3. The van der Waals surface area contributed by atoms with Crippen molar-refractivity contribution >= 4 is 30.0 Å². The van der Waals surface area contributed by atoms with Crippen LogP contribution < -0.4 is 10.6 Å². The number of aliphatic hydroxyl groups excluding tert-OH is 6. The summed E-state index contributed by atoms with van der Waals surface area (Å²) in [6, 6.07) is -2.97. The van der Waals surface area contributed by atoms with E-state index in [0.717, 1.165) is 6.92 Å². The molecular weight excluding hydrogens is 536 g/mol. The number of carboxylic acids is 1. The topological polar surface area (TPSA) is 276 Å². The lowest BCUT2D eigenvalue weighted by molar-refractivity contribution is -0.335. The number of rotatable bonds is 9. The number of aliphatic hydroxyl groups is 6. The molecule has 4 unspecified atom stereocenters. The van der Waals surface area contributed by atoms with Crippen LogP contribution in [0.4, 0.5) is 0 Å². The maximum atomic E-state index is 12.9. The summed E-state index contributed by atoms with van der Waals surface area (Å²) in [5, 5.41) is 75.4. The zero-order chi connectivity index (χ0) is 28.3. The molecule has 0 spiro atoms. The van der Waals surface area contributed by atoms with Crippen LogP contribution in [0.2, 0.25) is 0 Å². The molecule has 1 aromatic heterocycles. The fourth-order valence-electron chi connectivity index (χ4n) is 4.12. The smallest absolute Gasteiger partial charge is 0.326 e. The predicted octanol–water partition coefficient (Wildman–Crippen LogP) is -5.05. The van der Waals surface area contributed by atoms with Gasteiger partial charge in [-0.05, 0) is 12.2 Å². The molecule has 0 saturated carbocycles. The third kappa shape index (κ3) is 6.72. The van der Waals surface area contributed by atoms with Crippen molar-refractivity contribution in [1.29, 1.82) is 0 Å². The fraction of sp³-hybridized carbons (Fsp3) is 0.700. The minimum absolute atomic E-state index is 0.222. The summed E-state index contributed by atoms with van der Waals surface area (Å²) in [4.78, 5) is 41.5. The second kappa shape index (κ2) is 12.6. The lowest BCUT2D eigenvalue weighted by Crippen LogP contribution is -2.68. The third-order valence-corrected chi connectivity index (χ3v) is 6.27. The summed E-state index contributed by atoms with van der Waals surface area (Å²) in [5.41, 5.74) is 0.346. The molecule has 2 aliphatic rings. The van der Waals surface area contributed by atoms with Crippen molar-refractivity contribution < 1.29 is 64.3 Å². The Labute approximate surface area is 219 Å². The number of nitrogens with one attached hydrogen (secondary N) is 4. The molecule has 18 heteroatoms. The van der Waals surface area contributed by atoms with Crippen molar-refractivity contribution in [2.24, 2.45) is 0 Å². The Balaban J connectivity index is 1.79. The van der Waals surface area contributed by atoms with Crippen molar-refractivity contribution in [2.45, 2.75) is 80.7 Å². The van der Waals surface area contributed by atoms with E-state index in [1.807, 2.05) is 0 Å². The van der Waals surface area contributed by atoms with Gasteiger partial charge in [-0.1, -0.05) is 0 Å². The highest BCUT2D eigenvalue weighted by molar-refractivity contribution is 7.71. The van der Waals surface area contributed by atoms with Gasteiger partial charge in [-0.25, -0.2) is 4.79 Å². The number of hydrogen-bond acceptors (Lipinski definition) is 13. The summed E-state index contributed by atoms with van der Waals surface area (Å²) in [6.45, 7) is 0.327. The van der Waals surface area contributed by atoms with Crippen LogP contribution >= 0.6 is 12.2 Å². The number of aromatic nitrogens is 2. The zero-order valence-corrected chi connectivity index (χ0v) is 20.6. The standard InChI is InChI=1S/C20H30N4O13S/c1-5(26)22-9-14(10(27)8(4-25)35-18(9)34)36-19-13(30)11(28)12(29)15(37-19)16(31)24-7(17(32)33)2-6-3-21-20(38)23-6/h3,7-15,18-19,25,27-30,34H,2,4H2,1H3,(H,22,26)(H,24,31)(H,32,33)(H2,21,23,38)/t7-,8?,9?,10+,11-,12-,13?,14+,15?,18+,19+/m0/s1. The van der Waals surface area contributed by atoms with Gasteiger partial charge in [0.25, 0.3) is 5.91 Å². The highest BCUT2D eigenvalue weighted by Gasteiger charge is 2.52. The third-order valence-electron chi connectivity index (χ3n) is 6.05. The Hall–Kier alpha value is -2.52. The maximum Gasteiger partial charge on any atom is 0.326 e. The number of hydrogen-bond donors (Lipinski definition) is 11. The van der Waals surface area contributed by atoms with Gasteiger partial charge in [-0.2, -0.15) is 0 Å². The summed E-state index contributed by atoms with van der Waals surface area (Å²) >= 11 is 4.88. The number of carbonyl (C=O) groups is 3. The van der Waals surface area contributed by atoms with Crippen molar-refractivity contribution in [1.82, 2.24) is 20.6 Å². The Bertz CT molecular complexity index is 1050. The van der Waals surface area contributed by atoms with E-state index >= 15 is 0 Å². The van der Waals surface area contributed by atoms with E-state index in [1.165, 1.54) is 6.20 Å². The average Bonchev–Trinajstić information content (AvgIpc) is 3.26. The molecule has 0 bridgehead atoms. The van der Waals surface area contributed by atoms with Crippen LogP contribution in [0.25, 0.3) is 0 Å². The van der Waals surface area contributed by atoms with E-state index in [4.69, 9.17) is 26.4 Å². The molecule has 2 saturated heterocycles. The second-order valence-corrected chi connectivity index (χ2v) is 9.24. The van der Waals surface area contributed by atoms with Crippen LogP contribution in [-0.4, -0.2) is 137 Å². The monoisotopic (exact) mass is 566 g/mol. The zero-order valence-electron chi connectivity index (χ0n) is 19.8. The van der Waals surface area contributed by atoms with Crippen molar-refractivity contribution in [3.8, 4) is 0 Å². The number of aliphatic carboxylic acids is 1. The molecule has 0 aliphatic carbocycles. The molecule has 2 amide bonds. The van der Waals surface area contributed by atoms with E-state index in [-0.39, 0.29) is 11.2 Å². The maximum absolute atomic E-state index is 12.9. The van der Waals surface area contributed by atoms with Gasteiger partial charge in [0.15, 0.2) is 23.5 Å². The molecule has 3 heterocycles. The molecule has 11 N–H and O–H groups in total. The van der Waals surface area contributed by atoms with Crippen LogP contribution in [0.1, 0.15) is 12.6 Å².